The lowest BCUT2D eigenvalue weighted by molar-refractivity contribution is 0.129. The van der Waals surface area contributed by atoms with Gasteiger partial charge in [-0.15, -0.1) is 0 Å². The number of nitrogens with zero attached hydrogens (tertiary/aromatic N) is 5. The van der Waals surface area contributed by atoms with Gasteiger partial charge in [0.25, 0.3) is 0 Å². The zero-order valence-electron chi connectivity index (χ0n) is 16.5. The van der Waals surface area contributed by atoms with Crippen LogP contribution < -0.4 is 4.74 Å². The first-order chi connectivity index (χ1) is 12.6. The van der Waals surface area contributed by atoms with Crippen LogP contribution >= 0.6 is 0 Å². The maximum Gasteiger partial charge on any atom is 0.151 e. The molecule has 0 bridgehead atoms. The Balaban J connectivity index is 1.81. The fraction of sp³-hybridized carbons (Fsp3) is 0.600. The van der Waals surface area contributed by atoms with Gasteiger partial charge < -0.3 is 9.64 Å². The summed E-state index contributed by atoms with van der Waals surface area (Å²) in [6.45, 7) is 13.1. The van der Waals surface area contributed by atoms with Crippen molar-refractivity contribution in [1.29, 1.82) is 0 Å². The van der Waals surface area contributed by atoms with Gasteiger partial charge in [0.15, 0.2) is 5.82 Å². The molecule has 1 aromatic carbocycles. The van der Waals surface area contributed by atoms with Crippen molar-refractivity contribution in [3.63, 3.8) is 0 Å². The number of methoxy groups -OCH3 is 1. The fourth-order valence-electron chi connectivity index (χ4n) is 3.34. The van der Waals surface area contributed by atoms with E-state index in [4.69, 9.17) is 14.8 Å². The largest absolute Gasteiger partial charge is 0.497 e. The van der Waals surface area contributed by atoms with Crippen LogP contribution in [0.4, 0.5) is 0 Å². The van der Waals surface area contributed by atoms with E-state index in [1.807, 2.05) is 28.9 Å². The van der Waals surface area contributed by atoms with Crippen LogP contribution in [0.2, 0.25) is 0 Å². The molecule has 1 aromatic heterocycles. The number of hydrogen-bond acceptors (Lipinski definition) is 5. The SMILES string of the molecule is CCN1CCN(Cc2nc(CC(C)C)nn2-c2ccc(OC)cc2)CC1. The van der Waals surface area contributed by atoms with Crippen LogP contribution in [0.1, 0.15) is 32.4 Å². The second kappa shape index (κ2) is 8.64. The van der Waals surface area contributed by atoms with Crippen LogP contribution in [-0.2, 0) is 13.0 Å². The Bertz CT molecular complexity index is 687. The van der Waals surface area contributed by atoms with Crippen LogP contribution in [0.3, 0.4) is 0 Å². The highest BCUT2D eigenvalue weighted by molar-refractivity contribution is 5.37. The first-order valence-electron chi connectivity index (χ1n) is 9.63. The molecule has 1 saturated heterocycles. The predicted molar refractivity (Wildman–Crippen MR) is 104 cm³/mol. The lowest BCUT2D eigenvalue weighted by Crippen LogP contribution is -2.45. The number of piperazine rings is 1. The van der Waals surface area contributed by atoms with E-state index < -0.39 is 0 Å². The lowest BCUT2D eigenvalue weighted by Gasteiger charge is -2.33. The first-order valence-corrected chi connectivity index (χ1v) is 9.63. The Morgan fingerprint density at radius 1 is 1.04 bits per heavy atom. The number of rotatable bonds is 7. The van der Waals surface area contributed by atoms with Crippen LogP contribution in [0, 0.1) is 5.92 Å². The average Bonchev–Trinajstić information content (AvgIpc) is 3.04. The minimum Gasteiger partial charge on any atom is -0.497 e. The number of ether oxygens (including phenoxy) is 1. The molecule has 0 saturated carbocycles. The number of hydrogen-bond donors (Lipinski definition) is 0. The molecular formula is C20H31N5O. The van der Waals surface area contributed by atoms with Gasteiger partial charge in [-0.1, -0.05) is 20.8 Å². The van der Waals surface area contributed by atoms with E-state index in [2.05, 4.69) is 30.6 Å². The number of likely N-dealkylation sites (N-methyl/N-ethyl adjacent to an activating group) is 1. The van der Waals surface area contributed by atoms with Gasteiger partial charge >= 0.3 is 0 Å². The highest BCUT2D eigenvalue weighted by Gasteiger charge is 2.20. The Hall–Kier alpha value is -1.92. The maximum atomic E-state index is 5.28. The van der Waals surface area contributed by atoms with Crippen molar-refractivity contribution >= 4 is 0 Å². The molecule has 142 valence electrons. The van der Waals surface area contributed by atoms with Gasteiger partial charge in [-0.25, -0.2) is 9.67 Å². The molecular weight excluding hydrogens is 326 g/mol. The molecule has 0 spiro atoms. The normalized spacial score (nSPS) is 16.3. The Kier molecular flexibility index (Phi) is 6.27. The zero-order chi connectivity index (χ0) is 18.5. The molecule has 6 nitrogen and oxygen atoms in total. The van der Waals surface area contributed by atoms with Crippen molar-refractivity contribution in [2.45, 2.75) is 33.7 Å². The maximum absolute atomic E-state index is 5.28. The molecule has 1 aliphatic rings. The summed E-state index contributed by atoms with van der Waals surface area (Å²) in [5, 5.41) is 4.80. The molecule has 0 N–H and O–H groups in total. The summed E-state index contributed by atoms with van der Waals surface area (Å²) in [5.41, 5.74) is 1.04. The van der Waals surface area contributed by atoms with Gasteiger partial charge in [0.05, 0.1) is 19.3 Å². The van der Waals surface area contributed by atoms with Crippen LogP contribution in [0.15, 0.2) is 24.3 Å². The van der Waals surface area contributed by atoms with E-state index in [1.165, 1.54) is 0 Å². The van der Waals surface area contributed by atoms with Crippen molar-refractivity contribution < 1.29 is 4.74 Å². The van der Waals surface area contributed by atoms with Crippen molar-refractivity contribution in [3.8, 4) is 11.4 Å². The third-order valence-corrected chi connectivity index (χ3v) is 4.90. The summed E-state index contributed by atoms with van der Waals surface area (Å²) < 4.78 is 7.28. The molecule has 2 heterocycles. The third kappa shape index (κ3) is 4.62. The van der Waals surface area contributed by atoms with Crippen molar-refractivity contribution in [2.24, 2.45) is 5.92 Å². The highest BCUT2D eigenvalue weighted by Crippen LogP contribution is 2.18. The minimum absolute atomic E-state index is 0.544. The standard InChI is InChI=1S/C20H31N5O/c1-5-23-10-12-24(13-11-23)15-20-21-19(14-16(2)3)22-25(20)17-6-8-18(26-4)9-7-17/h6-9,16H,5,10-15H2,1-4H3. The van der Waals surface area contributed by atoms with Crippen LogP contribution in [-0.4, -0.2) is 64.4 Å². The third-order valence-electron chi connectivity index (χ3n) is 4.90. The van der Waals surface area contributed by atoms with Gasteiger partial charge in [0.2, 0.25) is 0 Å². The molecule has 0 amide bonds. The van der Waals surface area contributed by atoms with E-state index >= 15 is 0 Å². The molecule has 6 heteroatoms. The number of benzene rings is 1. The average molecular weight is 358 g/mol. The summed E-state index contributed by atoms with van der Waals surface area (Å²) in [5.74, 6) is 3.35. The summed E-state index contributed by atoms with van der Waals surface area (Å²) in [7, 11) is 1.69. The molecule has 0 unspecified atom stereocenters. The van der Waals surface area contributed by atoms with E-state index in [9.17, 15) is 0 Å². The van der Waals surface area contributed by atoms with Gasteiger partial charge in [-0.2, -0.15) is 5.10 Å². The van der Waals surface area contributed by atoms with Crippen molar-refractivity contribution in [3.05, 3.63) is 35.9 Å². The highest BCUT2D eigenvalue weighted by atomic mass is 16.5. The van der Waals surface area contributed by atoms with Crippen molar-refractivity contribution in [2.75, 3.05) is 39.8 Å². The Morgan fingerprint density at radius 2 is 1.69 bits per heavy atom. The monoisotopic (exact) mass is 357 g/mol. The predicted octanol–water partition coefficient (Wildman–Crippen LogP) is 2.61. The molecule has 1 fully saturated rings. The second-order valence-corrected chi connectivity index (χ2v) is 7.36. The van der Waals surface area contributed by atoms with Gasteiger partial charge in [0.1, 0.15) is 11.6 Å². The molecule has 1 aliphatic heterocycles. The molecule has 0 radical (unpaired) electrons. The van der Waals surface area contributed by atoms with E-state index in [-0.39, 0.29) is 0 Å². The summed E-state index contributed by atoms with van der Waals surface area (Å²) in [6.07, 6.45) is 0.903. The topological polar surface area (TPSA) is 46.4 Å². The molecule has 0 aliphatic carbocycles. The minimum atomic E-state index is 0.544. The quantitative estimate of drug-likeness (QED) is 0.762. The Labute approximate surface area is 156 Å². The van der Waals surface area contributed by atoms with Gasteiger partial charge in [-0.3, -0.25) is 4.90 Å². The fourth-order valence-corrected chi connectivity index (χ4v) is 3.34. The summed E-state index contributed by atoms with van der Waals surface area (Å²) in [6, 6.07) is 8.04. The van der Waals surface area contributed by atoms with E-state index in [0.29, 0.717) is 5.92 Å². The smallest absolute Gasteiger partial charge is 0.151 e. The Morgan fingerprint density at radius 3 is 2.27 bits per heavy atom. The van der Waals surface area contributed by atoms with Gasteiger partial charge in [-0.05, 0) is 36.7 Å². The second-order valence-electron chi connectivity index (χ2n) is 7.36. The first kappa shape index (κ1) is 18.9. The van der Waals surface area contributed by atoms with E-state index in [0.717, 1.165) is 68.8 Å². The van der Waals surface area contributed by atoms with Crippen molar-refractivity contribution in [1.82, 2.24) is 24.6 Å². The van der Waals surface area contributed by atoms with Crippen LogP contribution in [0.5, 0.6) is 5.75 Å². The number of aromatic nitrogens is 3. The summed E-state index contributed by atoms with van der Waals surface area (Å²) in [4.78, 5) is 9.84. The summed E-state index contributed by atoms with van der Waals surface area (Å²) >= 11 is 0. The zero-order valence-corrected chi connectivity index (χ0v) is 16.5. The van der Waals surface area contributed by atoms with Crippen LogP contribution in [0.25, 0.3) is 5.69 Å². The molecule has 26 heavy (non-hydrogen) atoms. The van der Waals surface area contributed by atoms with E-state index in [1.54, 1.807) is 7.11 Å². The van der Waals surface area contributed by atoms with Gasteiger partial charge in [0, 0.05) is 32.6 Å². The molecule has 3 rings (SSSR count). The molecule has 2 aromatic rings. The molecule has 0 atom stereocenters. The lowest BCUT2D eigenvalue weighted by atomic mass is 10.1.